The molecule has 1 rings (SSSR count). The van der Waals surface area contributed by atoms with Gasteiger partial charge in [0.1, 0.15) is 5.75 Å². The molecule has 5 nitrogen and oxygen atoms in total. The maximum atomic E-state index is 5.16. The van der Waals surface area contributed by atoms with E-state index in [-0.39, 0.29) is 30.0 Å². The van der Waals surface area contributed by atoms with Gasteiger partial charge in [0.05, 0.1) is 13.7 Å². The highest BCUT2D eigenvalue weighted by molar-refractivity contribution is 14.0. The summed E-state index contributed by atoms with van der Waals surface area (Å²) in [7, 11) is 3.39. The van der Waals surface area contributed by atoms with Gasteiger partial charge in [0.2, 0.25) is 0 Å². The number of hydrogen-bond acceptors (Lipinski definition) is 3. The van der Waals surface area contributed by atoms with Crippen molar-refractivity contribution in [3.8, 4) is 5.75 Å². The van der Waals surface area contributed by atoms with Gasteiger partial charge >= 0.3 is 0 Å². The topological polar surface area (TPSA) is 54.9 Å². The number of ether oxygens (including phenoxy) is 2. The quantitative estimate of drug-likeness (QED) is 0.271. The predicted molar refractivity (Wildman–Crippen MR) is 107 cm³/mol. The van der Waals surface area contributed by atoms with Crippen molar-refractivity contribution in [2.24, 2.45) is 4.99 Å². The number of benzene rings is 1. The molecule has 1 unspecified atom stereocenters. The Bertz CT molecular complexity index is 438. The molecular formula is C17H30IN3O2. The molecule has 6 heteroatoms. The SMILES string of the molecule is CCNC(=NCCCc1ccc(OC)cc1)NC(C)COC.I. The van der Waals surface area contributed by atoms with E-state index in [1.54, 1.807) is 14.2 Å². The molecule has 0 spiro atoms. The molecule has 0 aliphatic heterocycles. The standard InChI is InChI=1S/C17H29N3O2.HI/c1-5-18-17(20-14(2)13-21-3)19-12-6-7-15-8-10-16(22-4)11-9-15;/h8-11,14H,5-7,12-13H2,1-4H3,(H2,18,19,20);1H. The maximum Gasteiger partial charge on any atom is 0.191 e. The van der Waals surface area contributed by atoms with E-state index in [9.17, 15) is 0 Å². The second kappa shape index (κ2) is 13.4. The van der Waals surface area contributed by atoms with Crippen molar-refractivity contribution in [3.05, 3.63) is 29.8 Å². The average Bonchev–Trinajstić information content (AvgIpc) is 2.52. The molecule has 0 saturated carbocycles. The first-order valence-corrected chi connectivity index (χ1v) is 7.86. The van der Waals surface area contributed by atoms with Crippen LogP contribution in [0, 0.1) is 0 Å². The number of halogens is 1. The second-order valence-electron chi connectivity index (χ2n) is 5.21. The molecule has 0 heterocycles. The summed E-state index contributed by atoms with van der Waals surface area (Å²) in [4.78, 5) is 4.60. The van der Waals surface area contributed by atoms with E-state index in [2.05, 4.69) is 41.6 Å². The summed E-state index contributed by atoms with van der Waals surface area (Å²) in [5.41, 5.74) is 1.31. The third kappa shape index (κ3) is 9.65. The Balaban J connectivity index is 0.00000484. The lowest BCUT2D eigenvalue weighted by Gasteiger charge is -2.16. The van der Waals surface area contributed by atoms with Crippen molar-refractivity contribution >= 4 is 29.9 Å². The van der Waals surface area contributed by atoms with Gasteiger partial charge in [-0.2, -0.15) is 0 Å². The summed E-state index contributed by atoms with van der Waals surface area (Å²) in [6, 6.07) is 8.44. The van der Waals surface area contributed by atoms with E-state index >= 15 is 0 Å². The van der Waals surface area contributed by atoms with Crippen LogP contribution in [0.2, 0.25) is 0 Å². The highest BCUT2D eigenvalue weighted by atomic mass is 127. The highest BCUT2D eigenvalue weighted by Gasteiger charge is 2.03. The minimum Gasteiger partial charge on any atom is -0.497 e. The molecule has 0 bridgehead atoms. The van der Waals surface area contributed by atoms with Gasteiger partial charge in [0.25, 0.3) is 0 Å². The van der Waals surface area contributed by atoms with E-state index in [0.29, 0.717) is 6.61 Å². The van der Waals surface area contributed by atoms with Crippen LogP contribution in [0.3, 0.4) is 0 Å². The zero-order valence-electron chi connectivity index (χ0n) is 14.6. The molecule has 0 fully saturated rings. The van der Waals surface area contributed by atoms with Crippen LogP contribution in [-0.4, -0.2) is 45.9 Å². The zero-order chi connectivity index (χ0) is 16.2. The number of aliphatic imine (C=N–C) groups is 1. The zero-order valence-corrected chi connectivity index (χ0v) is 16.9. The van der Waals surface area contributed by atoms with E-state index in [0.717, 1.165) is 37.6 Å². The maximum absolute atomic E-state index is 5.16. The molecule has 0 aromatic heterocycles. The van der Waals surface area contributed by atoms with Crippen LogP contribution in [0.1, 0.15) is 25.8 Å². The Kier molecular flexibility index (Phi) is 12.8. The van der Waals surface area contributed by atoms with Crippen molar-refractivity contribution in [3.63, 3.8) is 0 Å². The van der Waals surface area contributed by atoms with Crippen LogP contribution < -0.4 is 15.4 Å². The molecule has 0 aliphatic carbocycles. The molecule has 0 saturated heterocycles. The van der Waals surface area contributed by atoms with Crippen LogP contribution in [-0.2, 0) is 11.2 Å². The second-order valence-corrected chi connectivity index (χ2v) is 5.21. The first-order chi connectivity index (χ1) is 10.7. The largest absolute Gasteiger partial charge is 0.497 e. The van der Waals surface area contributed by atoms with E-state index < -0.39 is 0 Å². The highest BCUT2D eigenvalue weighted by Crippen LogP contribution is 2.12. The lowest BCUT2D eigenvalue weighted by molar-refractivity contribution is 0.179. The Morgan fingerprint density at radius 1 is 1.22 bits per heavy atom. The number of hydrogen-bond donors (Lipinski definition) is 2. The smallest absolute Gasteiger partial charge is 0.191 e. The molecule has 1 aromatic rings. The minimum atomic E-state index is 0. The summed E-state index contributed by atoms with van der Waals surface area (Å²) in [6.45, 7) is 6.45. The van der Waals surface area contributed by atoms with Crippen LogP contribution in [0.15, 0.2) is 29.3 Å². The van der Waals surface area contributed by atoms with Crippen molar-refractivity contribution in [2.45, 2.75) is 32.7 Å². The molecule has 0 aliphatic rings. The van der Waals surface area contributed by atoms with Crippen molar-refractivity contribution in [1.82, 2.24) is 10.6 Å². The summed E-state index contributed by atoms with van der Waals surface area (Å²) in [5, 5.41) is 6.58. The summed E-state index contributed by atoms with van der Waals surface area (Å²) in [5.74, 6) is 1.74. The molecular weight excluding hydrogens is 405 g/mol. The number of aryl methyl sites for hydroxylation is 1. The first kappa shape index (κ1) is 22.0. The number of nitrogens with zero attached hydrogens (tertiary/aromatic N) is 1. The lowest BCUT2D eigenvalue weighted by atomic mass is 10.1. The van der Waals surface area contributed by atoms with Crippen molar-refractivity contribution < 1.29 is 9.47 Å². The monoisotopic (exact) mass is 435 g/mol. The van der Waals surface area contributed by atoms with Crippen LogP contribution in [0.5, 0.6) is 5.75 Å². The average molecular weight is 435 g/mol. The van der Waals surface area contributed by atoms with E-state index in [1.165, 1.54) is 5.56 Å². The Morgan fingerprint density at radius 3 is 2.48 bits per heavy atom. The van der Waals surface area contributed by atoms with Crippen molar-refractivity contribution in [2.75, 3.05) is 33.9 Å². The summed E-state index contributed by atoms with van der Waals surface area (Å²) >= 11 is 0. The van der Waals surface area contributed by atoms with Gasteiger partial charge in [-0.15, -0.1) is 24.0 Å². The van der Waals surface area contributed by atoms with Crippen molar-refractivity contribution in [1.29, 1.82) is 0 Å². The normalized spacial score (nSPS) is 12.3. The predicted octanol–water partition coefficient (Wildman–Crippen LogP) is 2.84. The third-order valence-electron chi connectivity index (χ3n) is 3.20. The number of methoxy groups -OCH3 is 2. The molecule has 1 atom stereocenters. The molecule has 2 N–H and O–H groups in total. The fourth-order valence-electron chi connectivity index (χ4n) is 2.11. The van der Waals surface area contributed by atoms with Crippen LogP contribution in [0.4, 0.5) is 0 Å². The number of guanidine groups is 1. The van der Waals surface area contributed by atoms with Gasteiger partial charge in [0.15, 0.2) is 5.96 Å². The van der Waals surface area contributed by atoms with Gasteiger partial charge in [-0.3, -0.25) is 4.99 Å². The molecule has 0 radical (unpaired) electrons. The van der Waals surface area contributed by atoms with Crippen LogP contribution in [0.25, 0.3) is 0 Å². The fraction of sp³-hybridized carbons (Fsp3) is 0.588. The Hall–Kier alpha value is -1.02. The van der Waals surface area contributed by atoms with Crippen LogP contribution >= 0.6 is 24.0 Å². The third-order valence-corrected chi connectivity index (χ3v) is 3.20. The molecule has 132 valence electrons. The van der Waals surface area contributed by atoms with E-state index in [1.807, 2.05) is 12.1 Å². The van der Waals surface area contributed by atoms with Gasteiger partial charge in [-0.05, 0) is 44.4 Å². The summed E-state index contributed by atoms with van der Waals surface area (Å²) < 4.78 is 10.3. The summed E-state index contributed by atoms with van der Waals surface area (Å²) in [6.07, 6.45) is 2.03. The number of rotatable bonds is 9. The molecule has 0 amide bonds. The van der Waals surface area contributed by atoms with E-state index in [4.69, 9.17) is 9.47 Å². The van der Waals surface area contributed by atoms with Gasteiger partial charge in [0, 0.05) is 26.2 Å². The molecule has 1 aromatic carbocycles. The van der Waals surface area contributed by atoms with Gasteiger partial charge in [-0.1, -0.05) is 12.1 Å². The Morgan fingerprint density at radius 2 is 1.91 bits per heavy atom. The fourth-order valence-corrected chi connectivity index (χ4v) is 2.11. The first-order valence-electron chi connectivity index (χ1n) is 7.86. The Labute approximate surface area is 157 Å². The van der Waals surface area contributed by atoms with Gasteiger partial charge in [-0.25, -0.2) is 0 Å². The number of nitrogens with one attached hydrogen (secondary N) is 2. The van der Waals surface area contributed by atoms with Gasteiger partial charge < -0.3 is 20.1 Å². The lowest BCUT2D eigenvalue weighted by Crippen LogP contribution is -2.44. The molecule has 23 heavy (non-hydrogen) atoms. The minimum absolute atomic E-state index is 0.